The lowest BCUT2D eigenvalue weighted by Crippen LogP contribution is -2.47. The van der Waals surface area contributed by atoms with Crippen LogP contribution in [-0.2, 0) is 35.6 Å². The number of carboxylic acids is 1. The van der Waals surface area contributed by atoms with Gasteiger partial charge in [-0.1, -0.05) is 38.1 Å². The van der Waals surface area contributed by atoms with Gasteiger partial charge in [-0.3, -0.25) is 9.88 Å². The summed E-state index contributed by atoms with van der Waals surface area (Å²) in [7, 11) is 0. The first-order valence-electron chi connectivity index (χ1n) is 19.1. The molecular formula is C43H62FN4O3+. The first kappa shape index (κ1) is 38.9. The highest BCUT2D eigenvalue weighted by Gasteiger charge is 2.38. The van der Waals surface area contributed by atoms with Gasteiger partial charge in [0.25, 0.3) is 0 Å². The van der Waals surface area contributed by atoms with Gasteiger partial charge in [-0.15, -0.1) is 0 Å². The summed E-state index contributed by atoms with van der Waals surface area (Å²) in [5.41, 5.74) is 9.89. The van der Waals surface area contributed by atoms with Crippen LogP contribution >= 0.6 is 0 Å². The average molecular weight is 702 g/mol. The highest BCUT2D eigenvalue weighted by atomic mass is 19.1. The summed E-state index contributed by atoms with van der Waals surface area (Å²) in [6.45, 7) is 29.1. The van der Waals surface area contributed by atoms with Crippen molar-refractivity contribution in [1.82, 2.24) is 9.88 Å². The highest BCUT2D eigenvalue weighted by molar-refractivity contribution is 5.88. The Hall–Kier alpha value is -3.33. The standard InChI is InChI=1S/C43H61FN4O3/c1-11-48(12-2,13-3)28-36-38(32-14-15-34-27-46(21-18-31(34)25-32)26-33-16-17-35(44)24-29(33)4)39(47-22-19-43(9,10)20-23-47)37(30(5)45-36)40(41(49)50)51-42(6,7)8/h14-17,24-25,40H,11-13,18-23,26-28H2,1-10H3/p+1/t40-/m0/s1. The molecule has 1 aromatic heterocycles. The van der Waals surface area contributed by atoms with Crippen LogP contribution in [0.5, 0.6) is 0 Å². The van der Waals surface area contributed by atoms with Gasteiger partial charge in [0.05, 0.1) is 30.9 Å². The van der Waals surface area contributed by atoms with Crippen molar-refractivity contribution < 1.29 is 23.5 Å². The molecule has 0 aliphatic carbocycles. The number of fused-ring (bicyclic) bond motifs is 1. The van der Waals surface area contributed by atoms with Crippen LogP contribution in [0.3, 0.4) is 0 Å². The maximum atomic E-state index is 13.8. The van der Waals surface area contributed by atoms with E-state index in [1.54, 1.807) is 12.1 Å². The maximum Gasteiger partial charge on any atom is 0.337 e. The Bertz CT molecular complexity index is 1710. The minimum atomic E-state index is -1.15. The summed E-state index contributed by atoms with van der Waals surface area (Å²) in [5.74, 6) is -1.18. The summed E-state index contributed by atoms with van der Waals surface area (Å²) in [4.78, 5) is 23.4. The lowest BCUT2D eigenvalue weighted by Gasteiger charge is -2.42. The number of carboxylic acid groups (broad SMARTS) is 1. The van der Waals surface area contributed by atoms with Crippen LogP contribution in [0.1, 0.15) is 114 Å². The van der Waals surface area contributed by atoms with Crippen molar-refractivity contribution in [2.45, 2.75) is 120 Å². The molecule has 3 aromatic rings. The average Bonchev–Trinajstić information content (AvgIpc) is 3.07. The Morgan fingerprint density at radius 1 is 1.00 bits per heavy atom. The van der Waals surface area contributed by atoms with E-state index in [1.165, 1.54) is 11.1 Å². The fourth-order valence-corrected chi connectivity index (χ4v) is 8.05. The van der Waals surface area contributed by atoms with E-state index in [0.717, 1.165) is 122 Å². The number of nitrogens with zero attached hydrogens (tertiary/aromatic N) is 4. The van der Waals surface area contributed by atoms with Crippen molar-refractivity contribution in [3.8, 4) is 11.1 Å². The van der Waals surface area contributed by atoms with Gasteiger partial charge in [0.1, 0.15) is 18.1 Å². The molecule has 5 rings (SSSR count). The Balaban J connectivity index is 1.69. The van der Waals surface area contributed by atoms with Crippen molar-refractivity contribution in [2.75, 3.05) is 44.2 Å². The van der Waals surface area contributed by atoms with E-state index >= 15 is 0 Å². The van der Waals surface area contributed by atoms with Crippen molar-refractivity contribution in [3.05, 3.63) is 81.4 Å². The molecule has 1 atom stereocenters. The minimum Gasteiger partial charge on any atom is -0.479 e. The number of carbonyl (C=O) groups is 1. The number of aryl methyl sites for hydroxylation is 2. The Morgan fingerprint density at radius 3 is 2.25 bits per heavy atom. The second-order valence-corrected chi connectivity index (χ2v) is 16.8. The predicted octanol–water partition coefficient (Wildman–Crippen LogP) is 9.01. The molecule has 0 radical (unpaired) electrons. The fourth-order valence-electron chi connectivity index (χ4n) is 8.05. The summed E-state index contributed by atoms with van der Waals surface area (Å²) >= 11 is 0. The Morgan fingerprint density at radius 2 is 1.67 bits per heavy atom. The molecule has 0 bridgehead atoms. The molecule has 3 heterocycles. The number of aliphatic carboxylic acids is 1. The van der Waals surface area contributed by atoms with E-state index in [0.29, 0.717) is 5.56 Å². The minimum absolute atomic E-state index is 0.193. The quantitative estimate of drug-likeness (QED) is 0.190. The normalized spacial score (nSPS) is 17.4. The second-order valence-electron chi connectivity index (χ2n) is 16.8. The molecule has 8 heteroatoms. The molecule has 0 unspecified atom stereocenters. The van der Waals surface area contributed by atoms with E-state index in [2.05, 4.69) is 62.6 Å². The molecule has 0 saturated carbocycles. The van der Waals surface area contributed by atoms with Crippen LogP contribution in [0.2, 0.25) is 0 Å². The fraction of sp³-hybridized carbons (Fsp3) is 0.581. The van der Waals surface area contributed by atoms with Gasteiger partial charge in [0.15, 0.2) is 6.10 Å². The molecule has 2 aliphatic rings. The molecule has 1 saturated heterocycles. The van der Waals surface area contributed by atoms with E-state index in [4.69, 9.17) is 9.72 Å². The van der Waals surface area contributed by atoms with Crippen LogP contribution in [0.4, 0.5) is 10.1 Å². The zero-order valence-electron chi connectivity index (χ0n) is 33.0. The van der Waals surface area contributed by atoms with Crippen molar-refractivity contribution in [1.29, 1.82) is 0 Å². The summed E-state index contributed by atoms with van der Waals surface area (Å²) < 4.78 is 21.1. The Kier molecular flexibility index (Phi) is 11.7. The lowest BCUT2D eigenvalue weighted by atomic mass is 9.81. The number of benzene rings is 2. The van der Waals surface area contributed by atoms with E-state index in [1.807, 2.05) is 40.7 Å². The molecule has 1 fully saturated rings. The molecule has 278 valence electrons. The number of piperidine rings is 1. The van der Waals surface area contributed by atoms with Gasteiger partial charge in [-0.25, -0.2) is 9.18 Å². The van der Waals surface area contributed by atoms with Crippen LogP contribution in [0, 0.1) is 25.1 Å². The molecule has 1 N–H and O–H groups in total. The number of anilines is 1. The van der Waals surface area contributed by atoms with Crippen molar-refractivity contribution in [3.63, 3.8) is 0 Å². The molecule has 2 aliphatic heterocycles. The van der Waals surface area contributed by atoms with Crippen LogP contribution in [0.25, 0.3) is 11.1 Å². The maximum absolute atomic E-state index is 13.8. The monoisotopic (exact) mass is 701 g/mol. The SMILES string of the molecule is CC[N+](CC)(CC)Cc1nc(C)c([C@H](OC(C)(C)C)C(=O)O)c(N2CCC(C)(C)CC2)c1-c1ccc2c(c1)CCN(Cc1ccc(F)cc1C)C2. The summed E-state index contributed by atoms with van der Waals surface area (Å²) in [5, 5.41) is 10.8. The van der Waals surface area contributed by atoms with E-state index < -0.39 is 17.7 Å². The third-order valence-corrected chi connectivity index (χ3v) is 11.6. The van der Waals surface area contributed by atoms with Gasteiger partial charge in [-0.05, 0) is 120 Å². The first-order chi connectivity index (χ1) is 24.0. The summed E-state index contributed by atoms with van der Waals surface area (Å²) in [6, 6.07) is 11.9. The number of quaternary nitrogens is 1. The predicted molar refractivity (Wildman–Crippen MR) is 205 cm³/mol. The number of halogens is 1. The van der Waals surface area contributed by atoms with E-state index in [9.17, 15) is 14.3 Å². The number of aromatic nitrogens is 1. The number of hydrogen-bond acceptors (Lipinski definition) is 5. The largest absolute Gasteiger partial charge is 0.479 e. The third kappa shape index (κ3) is 8.83. The molecular weight excluding hydrogens is 639 g/mol. The second kappa shape index (κ2) is 15.3. The number of ether oxygens (including phenoxy) is 1. The lowest BCUT2D eigenvalue weighted by molar-refractivity contribution is -0.936. The zero-order chi connectivity index (χ0) is 37.3. The molecule has 0 spiro atoms. The van der Waals surface area contributed by atoms with Gasteiger partial charge in [-0.2, -0.15) is 0 Å². The number of pyridine rings is 1. The molecule has 0 amide bonds. The van der Waals surface area contributed by atoms with Gasteiger partial charge in [0.2, 0.25) is 0 Å². The van der Waals surface area contributed by atoms with Crippen LogP contribution < -0.4 is 4.90 Å². The van der Waals surface area contributed by atoms with Crippen LogP contribution in [-0.4, -0.2) is 70.3 Å². The summed E-state index contributed by atoms with van der Waals surface area (Å²) in [6.07, 6.45) is 1.79. The Labute approximate surface area is 306 Å². The van der Waals surface area contributed by atoms with E-state index in [-0.39, 0.29) is 11.2 Å². The van der Waals surface area contributed by atoms with Gasteiger partial charge in [0, 0.05) is 49.5 Å². The van der Waals surface area contributed by atoms with Gasteiger partial charge >= 0.3 is 5.97 Å². The highest BCUT2D eigenvalue weighted by Crippen LogP contribution is 2.46. The third-order valence-electron chi connectivity index (χ3n) is 11.6. The number of hydrogen-bond donors (Lipinski definition) is 1. The number of rotatable bonds is 12. The van der Waals surface area contributed by atoms with Crippen molar-refractivity contribution >= 4 is 11.7 Å². The first-order valence-corrected chi connectivity index (χ1v) is 19.1. The topological polar surface area (TPSA) is 65.9 Å². The van der Waals surface area contributed by atoms with Crippen LogP contribution in [0.15, 0.2) is 36.4 Å². The molecule has 2 aromatic carbocycles. The van der Waals surface area contributed by atoms with Crippen molar-refractivity contribution in [2.24, 2.45) is 5.41 Å². The van der Waals surface area contributed by atoms with Gasteiger partial charge < -0.3 is 19.2 Å². The molecule has 7 nitrogen and oxygen atoms in total. The zero-order valence-corrected chi connectivity index (χ0v) is 33.0. The smallest absolute Gasteiger partial charge is 0.337 e. The molecule has 51 heavy (non-hydrogen) atoms.